The second-order valence-electron chi connectivity index (χ2n) is 3.77. The first-order valence-corrected chi connectivity index (χ1v) is 4.82. The van der Waals surface area contributed by atoms with Crippen LogP contribution >= 0.6 is 0 Å². The number of carboxylic acids is 1. The molecular weight excluding hydrogens is 192 g/mol. The summed E-state index contributed by atoms with van der Waals surface area (Å²) in [6.07, 6.45) is 0. The molecule has 0 aromatic carbocycles. The summed E-state index contributed by atoms with van der Waals surface area (Å²) in [4.78, 5) is 16.8. The fourth-order valence-electron chi connectivity index (χ4n) is 1.36. The quantitative estimate of drug-likeness (QED) is 0.819. The first-order chi connectivity index (χ1) is 6.91. The van der Waals surface area contributed by atoms with Gasteiger partial charge in [-0.3, -0.25) is 0 Å². The molecule has 0 fully saturated rings. The van der Waals surface area contributed by atoms with Gasteiger partial charge in [-0.15, -0.1) is 0 Å². The molecule has 0 bridgehead atoms. The van der Waals surface area contributed by atoms with Gasteiger partial charge in [0.2, 0.25) is 0 Å². The van der Waals surface area contributed by atoms with Crippen molar-refractivity contribution >= 4 is 11.8 Å². The van der Waals surface area contributed by atoms with Crippen molar-refractivity contribution in [3.63, 3.8) is 0 Å². The van der Waals surface area contributed by atoms with Crippen LogP contribution in [0.4, 0.5) is 5.82 Å². The highest BCUT2D eigenvalue weighted by atomic mass is 16.4. The number of nitrogens with zero attached hydrogens (tertiary/aromatic N) is 2. The average Bonchev–Trinajstić information content (AvgIpc) is 2.13. The summed E-state index contributed by atoms with van der Waals surface area (Å²) in [5.41, 5.74) is 1.98. The lowest BCUT2D eigenvalue weighted by Crippen LogP contribution is -2.36. The molecule has 0 aliphatic heterocycles. The van der Waals surface area contributed by atoms with Crippen LogP contribution in [-0.4, -0.2) is 29.1 Å². The second kappa shape index (κ2) is 4.29. The number of likely N-dealkylation sites (N-methyl/N-ethyl adjacent to an activating group) is 1. The first kappa shape index (κ1) is 11.5. The third kappa shape index (κ3) is 2.68. The minimum absolute atomic E-state index is 0.571. The summed E-state index contributed by atoms with van der Waals surface area (Å²) in [7, 11) is 1.74. The summed E-state index contributed by atoms with van der Waals surface area (Å²) in [5.74, 6) is -0.152. The van der Waals surface area contributed by atoms with E-state index in [1.165, 1.54) is 0 Å². The Kier molecular flexibility index (Phi) is 3.29. The predicted octanol–water partition coefficient (Wildman–Crippen LogP) is 1.61. The lowest BCUT2D eigenvalue weighted by molar-refractivity contribution is -0.138. The van der Waals surface area contributed by atoms with Crippen LogP contribution in [0.2, 0.25) is 0 Å². The Hall–Kier alpha value is -1.58. The van der Waals surface area contributed by atoms with E-state index < -0.39 is 12.0 Å². The third-order valence-corrected chi connectivity index (χ3v) is 2.38. The number of carbonyl (C=O) groups is 1. The molecular formula is C11H16N2O2. The summed E-state index contributed by atoms with van der Waals surface area (Å²) >= 11 is 0. The van der Waals surface area contributed by atoms with E-state index in [1.807, 2.05) is 26.0 Å². The van der Waals surface area contributed by atoms with Gasteiger partial charge < -0.3 is 10.0 Å². The average molecular weight is 208 g/mol. The van der Waals surface area contributed by atoms with E-state index in [1.54, 1.807) is 18.9 Å². The van der Waals surface area contributed by atoms with E-state index in [4.69, 9.17) is 5.11 Å². The number of aliphatic carboxylic acids is 1. The number of hydrogen-bond donors (Lipinski definition) is 1. The van der Waals surface area contributed by atoms with Crippen molar-refractivity contribution in [2.75, 3.05) is 11.9 Å². The van der Waals surface area contributed by atoms with Crippen LogP contribution < -0.4 is 4.90 Å². The van der Waals surface area contributed by atoms with Gasteiger partial charge in [-0.25, -0.2) is 9.78 Å². The van der Waals surface area contributed by atoms with E-state index in [0.717, 1.165) is 11.3 Å². The predicted molar refractivity (Wildman–Crippen MR) is 59.2 cm³/mol. The molecule has 82 valence electrons. The standard InChI is InChI=1S/C11H16N2O2/c1-7-5-8(2)12-10(6-7)13(4)9(3)11(14)15/h5-6,9H,1-4H3,(H,14,15). The highest BCUT2D eigenvalue weighted by Crippen LogP contribution is 2.15. The highest BCUT2D eigenvalue weighted by molar-refractivity contribution is 5.77. The van der Waals surface area contributed by atoms with Crippen LogP contribution in [0, 0.1) is 13.8 Å². The molecule has 1 rings (SSSR count). The summed E-state index contributed by atoms with van der Waals surface area (Å²) in [6, 6.07) is 3.27. The zero-order valence-corrected chi connectivity index (χ0v) is 9.48. The maximum absolute atomic E-state index is 10.8. The third-order valence-electron chi connectivity index (χ3n) is 2.38. The Labute approximate surface area is 89.6 Å². The maximum Gasteiger partial charge on any atom is 0.326 e. The van der Waals surface area contributed by atoms with Crippen LogP contribution in [-0.2, 0) is 4.79 Å². The van der Waals surface area contributed by atoms with Crippen molar-refractivity contribution in [1.82, 2.24) is 4.98 Å². The molecule has 15 heavy (non-hydrogen) atoms. The lowest BCUT2D eigenvalue weighted by atomic mass is 10.2. The number of pyridine rings is 1. The van der Waals surface area contributed by atoms with Crippen LogP contribution in [0.15, 0.2) is 12.1 Å². The normalized spacial score (nSPS) is 12.3. The SMILES string of the molecule is Cc1cc(C)nc(N(C)C(C)C(=O)O)c1. The highest BCUT2D eigenvalue weighted by Gasteiger charge is 2.18. The van der Waals surface area contributed by atoms with Gasteiger partial charge in [0.05, 0.1) is 0 Å². The Morgan fingerprint density at radius 1 is 1.47 bits per heavy atom. The molecule has 0 spiro atoms. The summed E-state index contributed by atoms with van der Waals surface area (Å²) in [6.45, 7) is 5.51. The zero-order valence-electron chi connectivity index (χ0n) is 9.48. The zero-order chi connectivity index (χ0) is 11.6. The van der Waals surface area contributed by atoms with Crippen LogP contribution in [0.25, 0.3) is 0 Å². The molecule has 1 atom stereocenters. The molecule has 0 saturated carbocycles. The molecule has 1 N–H and O–H groups in total. The minimum atomic E-state index is -0.849. The fraction of sp³-hybridized carbons (Fsp3) is 0.455. The number of rotatable bonds is 3. The Morgan fingerprint density at radius 3 is 2.53 bits per heavy atom. The topological polar surface area (TPSA) is 53.4 Å². The molecule has 1 aromatic heterocycles. The van der Waals surface area contributed by atoms with E-state index >= 15 is 0 Å². The molecule has 0 saturated heterocycles. The molecule has 0 aliphatic rings. The van der Waals surface area contributed by atoms with Crippen LogP contribution in [0.3, 0.4) is 0 Å². The van der Waals surface area contributed by atoms with Gasteiger partial charge in [0, 0.05) is 12.7 Å². The van der Waals surface area contributed by atoms with Crippen molar-refractivity contribution in [2.45, 2.75) is 26.8 Å². The molecule has 1 unspecified atom stereocenters. The van der Waals surface area contributed by atoms with E-state index in [0.29, 0.717) is 5.82 Å². The maximum atomic E-state index is 10.8. The summed E-state index contributed by atoms with van der Waals surface area (Å²) in [5, 5.41) is 8.88. The number of aromatic nitrogens is 1. The van der Waals surface area contributed by atoms with E-state index in [9.17, 15) is 4.79 Å². The van der Waals surface area contributed by atoms with Crippen LogP contribution in [0.5, 0.6) is 0 Å². The Balaban J connectivity index is 3.00. The van der Waals surface area contributed by atoms with Crippen molar-refractivity contribution < 1.29 is 9.90 Å². The largest absolute Gasteiger partial charge is 0.480 e. The molecule has 0 aliphatic carbocycles. The van der Waals surface area contributed by atoms with Crippen molar-refractivity contribution in [2.24, 2.45) is 0 Å². The van der Waals surface area contributed by atoms with Crippen molar-refractivity contribution in [3.8, 4) is 0 Å². The molecule has 1 heterocycles. The second-order valence-corrected chi connectivity index (χ2v) is 3.77. The van der Waals surface area contributed by atoms with Gasteiger partial charge in [0.15, 0.2) is 0 Å². The summed E-state index contributed by atoms with van der Waals surface area (Å²) < 4.78 is 0. The monoisotopic (exact) mass is 208 g/mol. The molecule has 0 amide bonds. The number of aryl methyl sites for hydroxylation is 2. The molecule has 4 nitrogen and oxygen atoms in total. The number of carboxylic acid groups (broad SMARTS) is 1. The van der Waals surface area contributed by atoms with Gasteiger partial charge in [-0.2, -0.15) is 0 Å². The van der Waals surface area contributed by atoms with Crippen LogP contribution in [0.1, 0.15) is 18.2 Å². The van der Waals surface area contributed by atoms with Crippen molar-refractivity contribution in [1.29, 1.82) is 0 Å². The number of hydrogen-bond acceptors (Lipinski definition) is 3. The first-order valence-electron chi connectivity index (χ1n) is 4.82. The van der Waals surface area contributed by atoms with Gasteiger partial charge in [-0.05, 0) is 38.5 Å². The van der Waals surface area contributed by atoms with E-state index in [2.05, 4.69) is 4.98 Å². The Morgan fingerprint density at radius 2 is 2.07 bits per heavy atom. The lowest BCUT2D eigenvalue weighted by Gasteiger charge is -2.23. The van der Waals surface area contributed by atoms with Gasteiger partial charge in [0.1, 0.15) is 11.9 Å². The van der Waals surface area contributed by atoms with Crippen molar-refractivity contribution in [3.05, 3.63) is 23.4 Å². The number of anilines is 1. The molecule has 4 heteroatoms. The van der Waals surface area contributed by atoms with E-state index in [-0.39, 0.29) is 0 Å². The molecule has 0 radical (unpaired) electrons. The Bertz CT molecular complexity index is 357. The van der Waals surface area contributed by atoms with Gasteiger partial charge in [0.25, 0.3) is 0 Å². The molecule has 1 aromatic rings. The smallest absolute Gasteiger partial charge is 0.326 e. The van der Waals surface area contributed by atoms with Gasteiger partial charge >= 0.3 is 5.97 Å². The fourth-order valence-corrected chi connectivity index (χ4v) is 1.36. The minimum Gasteiger partial charge on any atom is -0.480 e. The van der Waals surface area contributed by atoms with Gasteiger partial charge in [-0.1, -0.05) is 0 Å².